The second kappa shape index (κ2) is 11.7. The van der Waals surface area contributed by atoms with Crippen molar-refractivity contribution in [2.24, 2.45) is 0 Å². The first-order valence-corrected chi connectivity index (χ1v) is 9.06. The van der Waals surface area contributed by atoms with E-state index in [0.29, 0.717) is 18.1 Å². The summed E-state index contributed by atoms with van der Waals surface area (Å²) >= 11 is 0. The Balaban J connectivity index is 2.18. The summed E-state index contributed by atoms with van der Waals surface area (Å²) in [6.07, 6.45) is -0.666. The lowest BCUT2D eigenvalue weighted by Gasteiger charge is -2.19. The van der Waals surface area contributed by atoms with Gasteiger partial charge in [-0.1, -0.05) is 12.1 Å². The average molecular weight is 395 g/mol. The van der Waals surface area contributed by atoms with Gasteiger partial charge in [0.2, 0.25) is 5.91 Å². The van der Waals surface area contributed by atoms with Crippen molar-refractivity contribution in [1.29, 1.82) is 0 Å². The standard InChI is InChI=1S/C19H29N3O6/c1-5-26-14-8-6-7-9-15(14)27-13-17(24)21-11-10-20-16(23)12-22-18(25)28-19(2,3)4/h6-9H,5,10-13H2,1-4H3,(H,20,23)(H,21,24)(H,22,25). The number of para-hydroxylation sites is 2. The lowest BCUT2D eigenvalue weighted by molar-refractivity contribution is -0.123. The smallest absolute Gasteiger partial charge is 0.408 e. The maximum atomic E-state index is 11.8. The van der Waals surface area contributed by atoms with E-state index in [1.165, 1.54) is 0 Å². The van der Waals surface area contributed by atoms with Crippen molar-refractivity contribution >= 4 is 17.9 Å². The molecule has 9 heteroatoms. The molecule has 0 aliphatic carbocycles. The van der Waals surface area contributed by atoms with Gasteiger partial charge in [-0.3, -0.25) is 9.59 Å². The SMILES string of the molecule is CCOc1ccccc1OCC(=O)NCCNC(=O)CNC(=O)OC(C)(C)C. The van der Waals surface area contributed by atoms with Crippen molar-refractivity contribution in [2.45, 2.75) is 33.3 Å². The number of carbonyl (C=O) groups excluding carboxylic acids is 3. The predicted molar refractivity (Wildman–Crippen MR) is 103 cm³/mol. The number of amides is 3. The zero-order chi connectivity index (χ0) is 21.0. The molecule has 0 spiro atoms. The number of hydrogen-bond acceptors (Lipinski definition) is 6. The number of rotatable bonds is 10. The molecule has 0 bridgehead atoms. The molecule has 0 radical (unpaired) electrons. The monoisotopic (exact) mass is 395 g/mol. The van der Waals surface area contributed by atoms with Crippen LogP contribution < -0.4 is 25.4 Å². The summed E-state index contributed by atoms with van der Waals surface area (Å²) in [5.41, 5.74) is -0.629. The van der Waals surface area contributed by atoms with E-state index in [2.05, 4.69) is 16.0 Å². The average Bonchev–Trinajstić information content (AvgIpc) is 2.61. The van der Waals surface area contributed by atoms with Gasteiger partial charge in [0.25, 0.3) is 5.91 Å². The Bertz CT molecular complexity index is 657. The van der Waals surface area contributed by atoms with Crippen LogP contribution in [0.15, 0.2) is 24.3 Å². The minimum absolute atomic E-state index is 0.168. The third kappa shape index (κ3) is 10.2. The second-order valence-electron chi connectivity index (χ2n) is 6.72. The van der Waals surface area contributed by atoms with E-state index < -0.39 is 11.7 Å². The molecule has 156 valence electrons. The fourth-order valence-corrected chi connectivity index (χ4v) is 1.97. The van der Waals surface area contributed by atoms with Crippen LogP contribution in [0, 0.1) is 0 Å². The van der Waals surface area contributed by atoms with Crippen molar-refractivity contribution in [2.75, 3.05) is 32.8 Å². The Kier molecular flexibility index (Phi) is 9.63. The molecule has 28 heavy (non-hydrogen) atoms. The Morgan fingerprint density at radius 3 is 2.04 bits per heavy atom. The molecular formula is C19H29N3O6. The summed E-state index contributed by atoms with van der Waals surface area (Å²) < 4.78 is 15.9. The minimum atomic E-state index is -0.666. The summed E-state index contributed by atoms with van der Waals surface area (Å²) in [5, 5.41) is 7.55. The highest BCUT2D eigenvalue weighted by molar-refractivity contribution is 5.82. The van der Waals surface area contributed by atoms with Crippen LogP contribution >= 0.6 is 0 Å². The van der Waals surface area contributed by atoms with Crippen LogP contribution in [0.1, 0.15) is 27.7 Å². The first kappa shape index (κ1) is 23.1. The molecule has 0 atom stereocenters. The van der Waals surface area contributed by atoms with E-state index in [0.717, 1.165) is 0 Å². The topological polar surface area (TPSA) is 115 Å². The molecule has 9 nitrogen and oxygen atoms in total. The summed E-state index contributed by atoms with van der Waals surface area (Å²) in [7, 11) is 0. The first-order chi connectivity index (χ1) is 13.2. The van der Waals surface area contributed by atoms with Crippen LogP contribution in [0.2, 0.25) is 0 Å². The third-order valence-corrected chi connectivity index (χ3v) is 3.07. The number of alkyl carbamates (subject to hydrolysis) is 1. The van der Waals surface area contributed by atoms with E-state index in [9.17, 15) is 14.4 Å². The highest BCUT2D eigenvalue weighted by Gasteiger charge is 2.16. The predicted octanol–water partition coefficient (Wildman–Crippen LogP) is 1.22. The molecule has 1 aromatic rings. The maximum absolute atomic E-state index is 11.8. The van der Waals surface area contributed by atoms with Gasteiger partial charge in [-0.2, -0.15) is 0 Å². The zero-order valence-electron chi connectivity index (χ0n) is 16.8. The summed E-state index contributed by atoms with van der Waals surface area (Å²) in [6, 6.07) is 7.09. The number of nitrogens with one attached hydrogen (secondary N) is 3. The third-order valence-electron chi connectivity index (χ3n) is 3.07. The highest BCUT2D eigenvalue weighted by Crippen LogP contribution is 2.26. The molecule has 1 rings (SSSR count). The fourth-order valence-electron chi connectivity index (χ4n) is 1.97. The minimum Gasteiger partial charge on any atom is -0.490 e. The van der Waals surface area contributed by atoms with Crippen LogP contribution in [0.3, 0.4) is 0 Å². The molecule has 0 saturated carbocycles. The number of ether oxygens (including phenoxy) is 3. The molecule has 0 heterocycles. The van der Waals surface area contributed by atoms with Crippen LogP contribution in [0.25, 0.3) is 0 Å². The molecule has 0 fully saturated rings. The largest absolute Gasteiger partial charge is 0.490 e. The summed E-state index contributed by atoms with van der Waals surface area (Å²) in [6.45, 7) is 7.62. The van der Waals surface area contributed by atoms with E-state index >= 15 is 0 Å². The summed E-state index contributed by atoms with van der Waals surface area (Å²) in [4.78, 5) is 34.9. The second-order valence-corrected chi connectivity index (χ2v) is 6.72. The molecule has 3 amide bonds. The Hall–Kier alpha value is -2.97. The van der Waals surface area contributed by atoms with Crippen molar-refractivity contribution in [3.63, 3.8) is 0 Å². The van der Waals surface area contributed by atoms with Crippen LogP contribution in [-0.2, 0) is 14.3 Å². The van der Waals surface area contributed by atoms with Crippen molar-refractivity contribution in [3.8, 4) is 11.5 Å². The van der Waals surface area contributed by atoms with Gasteiger partial charge >= 0.3 is 6.09 Å². The highest BCUT2D eigenvalue weighted by atomic mass is 16.6. The van der Waals surface area contributed by atoms with Gasteiger partial charge in [0, 0.05) is 13.1 Å². The van der Waals surface area contributed by atoms with Gasteiger partial charge in [-0.25, -0.2) is 4.79 Å². The summed E-state index contributed by atoms with van der Waals surface area (Å²) in [5.74, 6) is 0.345. The van der Waals surface area contributed by atoms with Gasteiger partial charge < -0.3 is 30.2 Å². The van der Waals surface area contributed by atoms with E-state index in [-0.39, 0.29) is 38.1 Å². The lowest BCUT2D eigenvalue weighted by Crippen LogP contribution is -2.42. The fraction of sp³-hybridized carbons (Fsp3) is 0.526. The van der Waals surface area contributed by atoms with Crippen LogP contribution in [-0.4, -0.2) is 56.4 Å². The van der Waals surface area contributed by atoms with Gasteiger partial charge in [-0.15, -0.1) is 0 Å². The molecular weight excluding hydrogens is 366 g/mol. The van der Waals surface area contributed by atoms with E-state index in [1.807, 2.05) is 13.0 Å². The molecule has 1 aromatic carbocycles. The van der Waals surface area contributed by atoms with Crippen LogP contribution in [0.4, 0.5) is 4.79 Å². The Labute approximate surface area is 165 Å². The lowest BCUT2D eigenvalue weighted by atomic mass is 10.2. The Morgan fingerprint density at radius 1 is 0.893 bits per heavy atom. The van der Waals surface area contributed by atoms with Crippen molar-refractivity contribution in [3.05, 3.63) is 24.3 Å². The van der Waals surface area contributed by atoms with E-state index in [4.69, 9.17) is 14.2 Å². The van der Waals surface area contributed by atoms with Crippen molar-refractivity contribution in [1.82, 2.24) is 16.0 Å². The number of benzene rings is 1. The molecule has 3 N–H and O–H groups in total. The van der Waals surface area contributed by atoms with Gasteiger partial charge in [0.15, 0.2) is 18.1 Å². The zero-order valence-corrected chi connectivity index (χ0v) is 16.8. The molecule has 0 saturated heterocycles. The molecule has 0 aliphatic heterocycles. The van der Waals surface area contributed by atoms with Gasteiger partial charge in [0.1, 0.15) is 5.60 Å². The van der Waals surface area contributed by atoms with Gasteiger partial charge in [-0.05, 0) is 39.8 Å². The molecule has 0 aliphatic rings. The quantitative estimate of drug-likeness (QED) is 0.513. The van der Waals surface area contributed by atoms with Crippen molar-refractivity contribution < 1.29 is 28.6 Å². The first-order valence-electron chi connectivity index (χ1n) is 9.06. The maximum Gasteiger partial charge on any atom is 0.408 e. The molecule has 0 aromatic heterocycles. The Morgan fingerprint density at radius 2 is 1.46 bits per heavy atom. The van der Waals surface area contributed by atoms with Gasteiger partial charge in [0.05, 0.1) is 13.2 Å². The number of hydrogen-bond donors (Lipinski definition) is 3. The normalized spacial score (nSPS) is 10.6. The number of carbonyl (C=O) groups is 3. The van der Waals surface area contributed by atoms with Crippen LogP contribution in [0.5, 0.6) is 11.5 Å². The molecule has 0 unspecified atom stereocenters. The van der Waals surface area contributed by atoms with E-state index in [1.54, 1.807) is 39.0 Å².